The first kappa shape index (κ1) is 21.0. The molecule has 2 N–H and O–H groups in total. The average Bonchev–Trinajstić information content (AvgIpc) is 3.01. The van der Waals surface area contributed by atoms with Gasteiger partial charge in [0.15, 0.2) is 0 Å². The first-order valence-electron chi connectivity index (χ1n) is 10.5. The lowest BCUT2D eigenvalue weighted by atomic mass is 9.95. The van der Waals surface area contributed by atoms with Crippen LogP contribution in [-0.2, 0) is 16.1 Å². The van der Waals surface area contributed by atoms with Gasteiger partial charge >= 0.3 is 0 Å². The minimum atomic E-state index is -0.166. The molecular weight excluding hydrogens is 392 g/mol. The van der Waals surface area contributed by atoms with Crippen molar-refractivity contribution in [3.8, 4) is 0 Å². The molecule has 2 aliphatic heterocycles. The van der Waals surface area contributed by atoms with Crippen molar-refractivity contribution < 1.29 is 9.53 Å². The summed E-state index contributed by atoms with van der Waals surface area (Å²) >= 11 is 0. The Bertz CT molecular complexity index is 1060. The van der Waals surface area contributed by atoms with Crippen LogP contribution in [0.25, 0.3) is 11.1 Å². The first-order chi connectivity index (χ1) is 14.9. The van der Waals surface area contributed by atoms with Crippen molar-refractivity contribution in [2.24, 2.45) is 4.99 Å². The average molecular weight is 421 g/mol. The first-order valence-corrected chi connectivity index (χ1v) is 10.5. The summed E-state index contributed by atoms with van der Waals surface area (Å²) in [6.07, 6.45) is 8.67. The van der Waals surface area contributed by atoms with Crippen molar-refractivity contribution in [2.75, 3.05) is 12.0 Å². The molecule has 0 aliphatic carbocycles. The molecule has 0 spiro atoms. The van der Waals surface area contributed by atoms with Crippen LogP contribution in [-0.4, -0.2) is 45.8 Å². The molecule has 162 valence electrons. The molecule has 1 amide bonds. The summed E-state index contributed by atoms with van der Waals surface area (Å²) in [5.74, 6) is 0.340. The third kappa shape index (κ3) is 4.74. The van der Waals surface area contributed by atoms with Gasteiger partial charge in [-0.3, -0.25) is 14.5 Å². The van der Waals surface area contributed by atoms with Crippen molar-refractivity contribution in [3.63, 3.8) is 0 Å². The Morgan fingerprint density at radius 1 is 1.32 bits per heavy atom. The lowest BCUT2D eigenvalue weighted by Gasteiger charge is -2.25. The zero-order valence-electron chi connectivity index (χ0n) is 18.3. The predicted octanol–water partition coefficient (Wildman–Crippen LogP) is 3.09. The van der Waals surface area contributed by atoms with Crippen molar-refractivity contribution in [3.05, 3.63) is 53.1 Å². The Kier molecular flexibility index (Phi) is 5.99. The second kappa shape index (κ2) is 8.85. The van der Waals surface area contributed by atoms with E-state index in [4.69, 9.17) is 4.74 Å². The second-order valence-electron chi connectivity index (χ2n) is 8.01. The third-order valence-corrected chi connectivity index (χ3v) is 5.42. The second-order valence-corrected chi connectivity index (χ2v) is 8.01. The highest BCUT2D eigenvalue weighted by molar-refractivity contribution is 6.10. The molecule has 4 rings (SSSR count). The number of carbonyl (C=O) groups excluding carboxylic acids is 1. The molecule has 8 nitrogen and oxygen atoms in total. The number of aryl methyl sites for hydroxylation is 1. The van der Waals surface area contributed by atoms with Gasteiger partial charge in [0.1, 0.15) is 19.0 Å². The number of hydrogen-bond acceptors (Lipinski definition) is 6. The molecule has 0 saturated heterocycles. The molecule has 0 radical (unpaired) electrons. The van der Waals surface area contributed by atoms with Crippen molar-refractivity contribution in [1.82, 2.24) is 20.1 Å². The highest BCUT2D eigenvalue weighted by atomic mass is 16.5. The lowest BCUT2D eigenvalue weighted by Crippen LogP contribution is -2.22. The Labute approximate surface area is 182 Å². The van der Waals surface area contributed by atoms with E-state index in [0.29, 0.717) is 12.5 Å². The molecular formula is C23H28N6O2. The van der Waals surface area contributed by atoms with Crippen LogP contribution in [0.5, 0.6) is 0 Å². The minimum absolute atomic E-state index is 0.0738. The normalized spacial score (nSPS) is 20.6. The van der Waals surface area contributed by atoms with E-state index in [9.17, 15) is 4.79 Å². The number of allylic oxidation sites excluding steroid dienone is 1. The van der Waals surface area contributed by atoms with E-state index >= 15 is 0 Å². The highest BCUT2D eigenvalue weighted by Crippen LogP contribution is 2.31. The molecule has 2 unspecified atom stereocenters. The molecule has 0 saturated carbocycles. The Morgan fingerprint density at radius 2 is 2.16 bits per heavy atom. The van der Waals surface area contributed by atoms with Crippen molar-refractivity contribution >= 4 is 29.1 Å². The Balaban J connectivity index is 1.44. The van der Waals surface area contributed by atoms with E-state index in [1.54, 1.807) is 16.9 Å². The van der Waals surface area contributed by atoms with Gasteiger partial charge in [0.2, 0.25) is 5.91 Å². The van der Waals surface area contributed by atoms with Crippen LogP contribution in [0.15, 0.2) is 35.6 Å². The van der Waals surface area contributed by atoms with Gasteiger partial charge in [0.25, 0.3) is 0 Å². The quantitative estimate of drug-likeness (QED) is 0.775. The fraction of sp³-hybridized carbons (Fsp3) is 0.391. The standard InChI is InChI=1S/C23H28N6O2/c1-14-7-19(8-15(2)31-14)23-16(3)28-29(17(23)4)12-22(30)27-21-6-5-18(11-26-21)20-9-24-13-25-10-20/h5-7,9-11,14-15,24H,8,12-13H2,1-4H3,(H,26,27,30). The van der Waals surface area contributed by atoms with E-state index in [1.807, 2.05) is 39.3 Å². The SMILES string of the molecule is Cc1nn(CC(=O)Nc2ccc(C3=CNCN=C3)cn2)c(C)c1C1=CC(C)OC(C)C1. The molecule has 2 aromatic heterocycles. The predicted molar refractivity (Wildman–Crippen MR) is 122 cm³/mol. The number of aromatic nitrogens is 3. The number of anilines is 1. The van der Waals surface area contributed by atoms with E-state index in [0.717, 1.165) is 34.5 Å². The summed E-state index contributed by atoms with van der Waals surface area (Å²) < 4.78 is 7.57. The Morgan fingerprint density at radius 3 is 2.84 bits per heavy atom. The number of rotatable bonds is 5. The summed E-state index contributed by atoms with van der Waals surface area (Å²) in [6.45, 7) is 8.84. The minimum Gasteiger partial charge on any atom is -0.372 e. The van der Waals surface area contributed by atoms with Gasteiger partial charge in [-0.2, -0.15) is 5.10 Å². The molecule has 8 heteroatoms. The van der Waals surface area contributed by atoms with Crippen LogP contribution in [0.2, 0.25) is 0 Å². The Hall–Kier alpha value is -3.26. The van der Waals surface area contributed by atoms with E-state index in [-0.39, 0.29) is 24.7 Å². The smallest absolute Gasteiger partial charge is 0.247 e. The number of carbonyl (C=O) groups is 1. The third-order valence-electron chi connectivity index (χ3n) is 5.42. The summed E-state index contributed by atoms with van der Waals surface area (Å²) in [4.78, 5) is 21.2. The summed E-state index contributed by atoms with van der Waals surface area (Å²) in [6, 6.07) is 3.70. The van der Waals surface area contributed by atoms with Crippen LogP contribution < -0.4 is 10.6 Å². The monoisotopic (exact) mass is 420 g/mol. The fourth-order valence-corrected chi connectivity index (χ4v) is 4.12. The van der Waals surface area contributed by atoms with Crippen LogP contribution in [0, 0.1) is 13.8 Å². The van der Waals surface area contributed by atoms with Crippen molar-refractivity contribution in [2.45, 2.75) is 52.9 Å². The van der Waals surface area contributed by atoms with Crippen LogP contribution in [0.4, 0.5) is 5.82 Å². The molecule has 0 aromatic carbocycles. The number of aliphatic imine (C=N–C) groups is 1. The number of nitrogens with zero attached hydrogens (tertiary/aromatic N) is 4. The number of hydrogen-bond donors (Lipinski definition) is 2. The summed E-state index contributed by atoms with van der Waals surface area (Å²) in [5.41, 5.74) is 6.16. The molecule has 0 bridgehead atoms. The number of ether oxygens (including phenoxy) is 1. The number of amides is 1. The van der Waals surface area contributed by atoms with Gasteiger partial charge in [0.05, 0.1) is 17.9 Å². The zero-order chi connectivity index (χ0) is 22.0. The molecule has 0 fully saturated rings. The number of pyridine rings is 1. The summed E-state index contributed by atoms with van der Waals surface area (Å²) in [7, 11) is 0. The van der Waals surface area contributed by atoms with E-state index in [1.165, 1.54) is 5.57 Å². The maximum absolute atomic E-state index is 12.6. The van der Waals surface area contributed by atoms with E-state index in [2.05, 4.69) is 38.7 Å². The van der Waals surface area contributed by atoms with Gasteiger partial charge < -0.3 is 15.4 Å². The lowest BCUT2D eigenvalue weighted by molar-refractivity contribution is -0.117. The molecule has 2 atom stereocenters. The zero-order valence-corrected chi connectivity index (χ0v) is 18.3. The van der Waals surface area contributed by atoms with E-state index < -0.39 is 0 Å². The van der Waals surface area contributed by atoms with Gasteiger partial charge in [-0.25, -0.2) is 4.98 Å². The van der Waals surface area contributed by atoms with Crippen LogP contribution in [0.1, 0.15) is 42.8 Å². The van der Waals surface area contributed by atoms with Gasteiger partial charge in [-0.15, -0.1) is 0 Å². The number of nitrogens with one attached hydrogen (secondary N) is 2. The molecule has 4 heterocycles. The van der Waals surface area contributed by atoms with Crippen LogP contribution >= 0.6 is 0 Å². The van der Waals surface area contributed by atoms with Crippen molar-refractivity contribution in [1.29, 1.82) is 0 Å². The maximum atomic E-state index is 12.6. The van der Waals surface area contributed by atoms with Gasteiger partial charge in [-0.1, -0.05) is 6.08 Å². The fourth-order valence-electron chi connectivity index (χ4n) is 4.12. The van der Waals surface area contributed by atoms with Gasteiger partial charge in [-0.05, 0) is 51.8 Å². The molecule has 2 aliphatic rings. The highest BCUT2D eigenvalue weighted by Gasteiger charge is 2.23. The topological polar surface area (TPSA) is 93.4 Å². The molecule has 31 heavy (non-hydrogen) atoms. The maximum Gasteiger partial charge on any atom is 0.247 e. The molecule has 2 aromatic rings. The summed E-state index contributed by atoms with van der Waals surface area (Å²) in [5, 5.41) is 10.5. The van der Waals surface area contributed by atoms with Gasteiger partial charge in [0, 0.05) is 41.0 Å². The van der Waals surface area contributed by atoms with Crippen LogP contribution in [0.3, 0.4) is 0 Å². The largest absolute Gasteiger partial charge is 0.372 e.